The molecule has 0 radical (unpaired) electrons. The van der Waals surface area contributed by atoms with Gasteiger partial charge in [0.05, 0.1) is 19.8 Å². The van der Waals surface area contributed by atoms with Gasteiger partial charge in [-0.1, -0.05) is 0 Å². The first-order chi connectivity index (χ1) is 16.9. The number of unbranched alkanes of at least 4 members (excludes halogenated alkanes) is 1. The lowest BCUT2D eigenvalue weighted by Crippen LogP contribution is -2.47. The number of hydrogen-bond acceptors (Lipinski definition) is 7. The highest BCUT2D eigenvalue weighted by molar-refractivity contribution is 5.97. The molecule has 0 spiro atoms. The monoisotopic (exact) mass is 487 g/mol. The minimum Gasteiger partial charge on any atom is -0.508 e. The van der Waals surface area contributed by atoms with Crippen LogP contribution in [-0.2, 0) is 14.3 Å². The standard InChI is InChI=1S/C25H33N3O7/c1-34-16-17-35-15-14-27-25(33)22(28-24(32)19-7-11-21(30)12-8-19)4-2-3-13-26-23(31)18-5-9-20(29)10-6-18/h5-12,22,29-30H,2-4,13-17H2,1H3,(H,26,31)(H,27,33)(H,28,32). The number of hydrogen-bond donors (Lipinski definition) is 5. The zero-order valence-electron chi connectivity index (χ0n) is 19.8. The fourth-order valence-electron chi connectivity index (χ4n) is 3.13. The second-order valence-corrected chi connectivity index (χ2v) is 7.77. The van der Waals surface area contributed by atoms with Gasteiger partial charge in [0, 0.05) is 31.3 Å². The SMILES string of the molecule is COCCOCCNC(=O)C(CCCCNC(=O)c1ccc(O)cc1)NC(=O)c1ccc(O)cc1. The predicted octanol–water partition coefficient (Wildman–Crippen LogP) is 1.58. The maximum Gasteiger partial charge on any atom is 0.251 e. The number of phenolic OH excluding ortho intramolecular Hbond substituents is 2. The topological polar surface area (TPSA) is 146 Å². The van der Waals surface area contributed by atoms with E-state index in [1.165, 1.54) is 48.5 Å². The quantitative estimate of drug-likeness (QED) is 0.240. The van der Waals surface area contributed by atoms with Crippen molar-refractivity contribution in [2.75, 3.05) is 40.0 Å². The van der Waals surface area contributed by atoms with E-state index < -0.39 is 11.9 Å². The van der Waals surface area contributed by atoms with Crippen LogP contribution in [-0.4, -0.2) is 74.0 Å². The number of aromatic hydroxyl groups is 2. The van der Waals surface area contributed by atoms with Crippen molar-refractivity contribution in [3.8, 4) is 11.5 Å². The summed E-state index contributed by atoms with van der Waals surface area (Å²) in [5.74, 6) is -0.892. The summed E-state index contributed by atoms with van der Waals surface area (Å²) in [7, 11) is 1.57. The largest absolute Gasteiger partial charge is 0.508 e. The molecule has 10 nitrogen and oxygen atoms in total. The van der Waals surface area contributed by atoms with Gasteiger partial charge >= 0.3 is 0 Å². The van der Waals surface area contributed by atoms with Crippen LogP contribution in [0.25, 0.3) is 0 Å². The lowest BCUT2D eigenvalue weighted by atomic mass is 10.1. The first kappa shape index (κ1) is 27.6. The van der Waals surface area contributed by atoms with Gasteiger partial charge < -0.3 is 35.6 Å². The van der Waals surface area contributed by atoms with Gasteiger partial charge in [-0.2, -0.15) is 0 Å². The van der Waals surface area contributed by atoms with E-state index in [9.17, 15) is 24.6 Å². The highest BCUT2D eigenvalue weighted by atomic mass is 16.5. The molecule has 3 amide bonds. The fraction of sp³-hybridized carbons (Fsp3) is 0.400. The van der Waals surface area contributed by atoms with Gasteiger partial charge in [-0.05, 0) is 67.8 Å². The Hall–Kier alpha value is -3.63. The van der Waals surface area contributed by atoms with Crippen LogP contribution in [0.15, 0.2) is 48.5 Å². The lowest BCUT2D eigenvalue weighted by molar-refractivity contribution is -0.123. The average Bonchev–Trinajstić information content (AvgIpc) is 2.85. The minimum absolute atomic E-state index is 0.0404. The Morgan fingerprint density at radius 3 is 1.97 bits per heavy atom. The first-order valence-electron chi connectivity index (χ1n) is 11.4. The molecule has 0 fully saturated rings. The summed E-state index contributed by atoms with van der Waals surface area (Å²) in [4.78, 5) is 37.4. The molecule has 0 aliphatic heterocycles. The Labute approximate surface area is 204 Å². The van der Waals surface area contributed by atoms with Crippen molar-refractivity contribution in [2.24, 2.45) is 0 Å². The molecule has 2 aromatic carbocycles. The van der Waals surface area contributed by atoms with Gasteiger partial charge in [0.15, 0.2) is 0 Å². The summed E-state index contributed by atoms with van der Waals surface area (Å²) < 4.78 is 10.2. The number of carbonyl (C=O) groups is 3. The van der Waals surface area contributed by atoms with Gasteiger partial charge in [0.1, 0.15) is 17.5 Å². The maximum atomic E-state index is 12.7. The normalized spacial score (nSPS) is 11.5. The van der Waals surface area contributed by atoms with Crippen LogP contribution in [0.1, 0.15) is 40.0 Å². The van der Waals surface area contributed by atoms with Crippen LogP contribution in [0.5, 0.6) is 11.5 Å². The molecule has 0 aliphatic carbocycles. The number of nitrogens with one attached hydrogen (secondary N) is 3. The summed E-state index contributed by atoms with van der Waals surface area (Å²) in [5, 5.41) is 27.0. The Bertz CT molecular complexity index is 933. The molecule has 0 aliphatic rings. The zero-order chi connectivity index (χ0) is 25.5. The van der Waals surface area contributed by atoms with Crippen LogP contribution in [0.4, 0.5) is 0 Å². The van der Waals surface area contributed by atoms with Gasteiger partial charge in [-0.15, -0.1) is 0 Å². The Kier molecular flexibility index (Phi) is 12.1. The Morgan fingerprint density at radius 2 is 1.37 bits per heavy atom. The van der Waals surface area contributed by atoms with Crippen LogP contribution in [0.3, 0.4) is 0 Å². The summed E-state index contributed by atoms with van der Waals surface area (Å²) in [6.07, 6.45) is 1.55. The van der Waals surface area contributed by atoms with Crippen molar-refractivity contribution in [1.29, 1.82) is 0 Å². The second kappa shape index (κ2) is 15.3. The van der Waals surface area contributed by atoms with Crippen molar-refractivity contribution in [1.82, 2.24) is 16.0 Å². The number of ether oxygens (including phenoxy) is 2. The average molecular weight is 488 g/mol. The molecular weight excluding hydrogens is 454 g/mol. The summed E-state index contributed by atoms with van der Waals surface area (Å²) >= 11 is 0. The molecule has 35 heavy (non-hydrogen) atoms. The number of amides is 3. The predicted molar refractivity (Wildman–Crippen MR) is 129 cm³/mol. The van der Waals surface area contributed by atoms with E-state index in [-0.39, 0.29) is 29.9 Å². The smallest absolute Gasteiger partial charge is 0.251 e. The highest BCUT2D eigenvalue weighted by Gasteiger charge is 2.21. The summed E-state index contributed by atoms with van der Waals surface area (Å²) in [5.41, 5.74) is 0.763. The zero-order valence-corrected chi connectivity index (χ0v) is 19.8. The Morgan fingerprint density at radius 1 is 0.771 bits per heavy atom. The molecule has 10 heteroatoms. The number of phenols is 2. The number of methoxy groups -OCH3 is 1. The van der Waals surface area contributed by atoms with Crippen LogP contribution in [0.2, 0.25) is 0 Å². The molecule has 0 bridgehead atoms. The number of rotatable bonds is 15. The van der Waals surface area contributed by atoms with Gasteiger partial charge in [0.2, 0.25) is 5.91 Å². The number of benzene rings is 2. The molecule has 0 aromatic heterocycles. The van der Waals surface area contributed by atoms with E-state index in [4.69, 9.17) is 9.47 Å². The fourth-order valence-corrected chi connectivity index (χ4v) is 3.13. The molecule has 1 unspecified atom stereocenters. The number of carbonyl (C=O) groups excluding carboxylic acids is 3. The second-order valence-electron chi connectivity index (χ2n) is 7.77. The van der Waals surface area contributed by atoms with Crippen molar-refractivity contribution < 1.29 is 34.1 Å². The van der Waals surface area contributed by atoms with Crippen LogP contribution in [0, 0.1) is 0 Å². The van der Waals surface area contributed by atoms with E-state index in [0.29, 0.717) is 56.8 Å². The van der Waals surface area contributed by atoms with Gasteiger partial charge in [-0.25, -0.2) is 0 Å². The van der Waals surface area contributed by atoms with Crippen LogP contribution < -0.4 is 16.0 Å². The van der Waals surface area contributed by atoms with Crippen molar-refractivity contribution >= 4 is 17.7 Å². The summed E-state index contributed by atoms with van der Waals surface area (Å²) in [6.45, 7) is 1.88. The molecule has 190 valence electrons. The molecule has 0 saturated carbocycles. The molecule has 5 N–H and O–H groups in total. The van der Waals surface area contributed by atoms with E-state index >= 15 is 0 Å². The molecule has 1 atom stereocenters. The van der Waals surface area contributed by atoms with Gasteiger partial charge in [0.25, 0.3) is 11.8 Å². The van der Waals surface area contributed by atoms with E-state index in [1.54, 1.807) is 7.11 Å². The maximum absolute atomic E-state index is 12.7. The molecule has 0 heterocycles. The third-order valence-electron chi connectivity index (χ3n) is 5.06. The lowest BCUT2D eigenvalue weighted by Gasteiger charge is -2.19. The van der Waals surface area contributed by atoms with E-state index in [0.717, 1.165) is 0 Å². The van der Waals surface area contributed by atoms with Crippen LogP contribution >= 0.6 is 0 Å². The molecular formula is C25H33N3O7. The molecule has 2 aromatic rings. The minimum atomic E-state index is -0.775. The third kappa shape index (κ3) is 10.4. The van der Waals surface area contributed by atoms with Gasteiger partial charge in [-0.3, -0.25) is 14.4 Å². The first-order valence-corrected chi connectivity index (χ1v) is 11.4. The third-order valence-corrected chi connectivity index (χ3v) is 5.06. The summed E-state index contributed by atoms with van der Waals surface area (Å²) in [6, 6.07) is 10.9. The van der Waals surface area contributed by atoms with Crippen molar-refractivity contribution in [2.45, 2.75) is 25.3 Å². The highest BCUT2D eigenvalue weighted by Crippen LogP contribution is 2.11. The van der Waals surface area contributed by atoms with Crippen molar-refractivity contribution in [3.63, 3.8) is 0 Å². The van der Waals surface area contributed by atoms with Crippen molar-refractivity contribution in [3.05, 3.63) is 59.7 Å². The van der Waals surface area contributed by atoms with E-state index in [1.807, 2.05) is 0 Å². The Balaban J connectivity index is 1.83. The molecule has 2 rings (SSSR count). The molecule has 0 saturated heterocycles. The van der Waals surface area contributed by atoms with E-state index in [2.05, 4.69) is 16.0 Å².